The number of pyridine rings is 1. The van der Waals surface area contributed by atoms with Gasteiger partial charge in [-0.25, -0.2) is 4.79 Å². The highest BCUT2D eigenvalue weighted by atomic mass is 16.4. The molecule has 2 heterocycles. The van der Waals surface area contributed by atoms with Crippen LogP contribution in [0.25, 0.3) is 0 Å². The maximum absolute atomic E-state index is 11.9. The van der Waals surface area contributed by atoms with E-state index in [-0.39, 0.29) is 12.1 Å². The Morgan fingerprint density at radius 3 is 2.45 bits per heavy atom. The number of piperazine rings is 1. The first-order valence-corrected chi connectivity index (χ1v) is 6.29. The van der Waals surface area contributed by atoms with Gasteiger partial charge in [0.1, 0.15) is 0 Å². The highest BCUT2D eigenvalue weighted by molar-refractivity contribution is 6.35. The van der Waals surface area contributed by atoms with Crippen LogP contribution in [0, 0.1) is 0 Å². The van der Waals surface area contributed by atoms with E-state index >= 15 is 0 Å². The molecule has 1 saturated heterocycles. The predicted octanol–water partition coefficient (Wildman–Crippen LogP) is -0.0295. The van der Waals surface area contributed by atoms with Crippen LogP contribution in [0.4, 0.5) is 0 Å². The van der Waals surface area contributed by atoms with E-state index in [9.17, 15) is 14.4 Å². The van der Waals surface area contributed by atoms with E-state index in [0.29, 0.717) is 25.3 Å². The van der Waals surface area contributed by atoms with Crippen LogP contribution in [0.1, 0.15) is 23.0 Å². The third-order valence-corrected chi connectivity index (χ3v) is 3.20. The van der Waals surface area contributed by atoms with Gasteiger partial charge >= 0.3 is 17.8 Å². The fraction of sp³-hybridized carbons (Fsp3) is 0.385. The lowest BCUT2D eigenvalue weighted by Gasteiger charge is -2.32. The molecule has 1 aliphatic heterocycles. The van der Waals surface area contributed by atoms with Crippen LogP contribution >= 0.6 is 0 Å². The van der Waals surface area contributed by atoms with Crippen LogP contribution in [0.15, 0.2) is 18.3 Å². The van der Waals surface area contributed by atoms with Gasteiger partial charge in [0.05, 0.1) is 17.8 Å². The first kappa shape index (κ1) is 14.0. The van der Waals surface area contributed by atoms with E-state index in [0.717, 1.165) is 0 Å². The van der Waals surface area contributed by atoms with Crippen LogP contribution in [0.5, 0.6) is 0 Å². The summed E-state index contributed by atoms with van der Waals surface area (Å²) in [5.41, 5.74) is 0.646. The lowest BCUT2D eigenvalue weighted by atomic mass is 10.2. The number of carbonyl (C=O) groups is 3. The Morgan fingerprint density at radius 1 is 1.25 bits per heavy atom. The Morgan fingerprint density at radius 2 is 1.90 bits per heavy atom. The van der Waals surface area contributed by atoms with Gasteiger partial charge in [-0.2, -0.15) is 0 Å². The van der Waals surface area contributed by atoms with Crippen molar-refractivity contribution in [3.05, 3.63) is 29.6 Å². The monoisotopic (exact) mass is 277 g/mol. The molecule has 20 heavy (non-hydrogen) atoms. The summed E-state index contributed by atoms with van der Waals surface area (Å²) in [6, 6.07) is 2.98. The summed E-state index contributed by atoms with van der Waals surface area (Å²) >= 11 is 0. The summed E-state index contributed by atoms with van der Waals surface area (Å²) in [7, 11) is 0. The highest BCUT2D eigenvalue weighted by Gasteiger charge is 2.31. The van der Waals surface area contributed by atoms with E-state index < -0.39 is 17.8 Å². The van der Waals surface area contributed by atoms with Crippen LogP contribution in [0.3, 0.4) is 0 Å². The lowest BCUT2D eigenvalue weighted by Crippen LogP contribution is -2.53. The fourth-order valence-corrected chi connectivity index (χ4v) is 2.01. The smallest absolute Gasteiger partial charge is 0.337 e. The number of likely N-dealkylation sites (N-methyl/N-ethyl adjacent to an activating group) is 1. The maximum atomic E-state index is 11.9. The van der Waals surface area contributed by atoms with Gasteiger partial charge in [0.25, 0.3) is 0 Å². The Kier molecular flexibility index (Phi) is 3.97. The number of carboxylic acids is 1. The maximum Gasteiger partial charge on any atom is 0.337 e. The topological polar surface area (TPSA) is 90.8 Å². The van der Waals surface area contributed by atoms with Gasteiger partial charge in [0.2, 0.25) is 0 Å². The number of carbonyl (C=O) groups excluding carboxylic acids is 2. The van der Waals surface area contributed by atoms with Gasteiger partial charge in [-0.05, 0) is 19.1 Å². The normalized spacial score (nSPS) is 15.7. The molecule has 0 saturated carbocycles. The fourth-order valence-electron chi connectivity index (χ4n) is 2.01. The zero-order valence-electron chi connectivity index (χ0n) is 11.1. The van der Waals surface area contributed by atoms with E-state index in [4.69, 9.17) is 5.11 Å². The number of amides is 2. The molecular weight excluding hydrogens is 262 g/mol. The highest BCUT2D eigenvalue weighted by Crippen LogP contribution is 2.09. The summed E-state index contributed by atoms with van der Waals surface area (Å²) in [4.78, 5) is 41.3. The molecular formula is C13H15N3O4. The van der Waals surface area contributed by atoms with Crippen LogP contribution in [0.2, 0.25) is 0 Å². The number of nitrogens with zero attached hydrogens (tertiary/aromatic N) is 3. The Balaban J connectivity index is 2.05. The molecule has 0 spiro atoms. The van der Waals surface area contributed by atoms with Gasteiger partial charge in [0.15, 0.2) is 0 Å². The van der Waals surface area contributed by atoms with E-state index in [1.54, 1.807) is 6.07 Å². The molecule has 0 aliphatic carbocycles. The molecule has 0 radical (unpaired) electrons. The van der Waals surface area contributed by atoms with Gasteiger partial charge in [-0.1, -0.05) is 0 Å². The van der Waals surface area contributed by atoms with E-state index in [1.165, 1.54) is 22.1 Å². The Labute approximate surface area is 115 Å². The summed E-state index contributed by atoms with van der Waals surface area (Å²) in [5.74, 6) is -2.09. The number of hydrogen-bond donors (Lipinski definition) is 1. The number of carboxylic acid groups (broad SMARTS) is 1. The average molecular weight is 277 g/mol. The molecule has 7 heteroatoms. The second kappa shape index (κ2) is 5.68. The first-order chi connectivity index (χ1) is 9.52. The molecule has 1 aromatic heterocycles. The molecule has 7 nitrogen and oxygen atoms in total. The molecule has 0 atom stereocenters. The molecule has 1 fully saturated rings. The van der Waals surface area contributed by atoms with Crippen LogP contribution < -0.4 is 0 Å². The molecule has 106 valence electrons. The SMILES string of the molecule is CCN1CCN(Cc2ccc(C(=O)O)cn2)C(=O)C1=O. The standard InChI is InChI=1S/C13H15N3O4/c1-2-15-5-6-16(12(18)11(15)17)8-10-4-3-9(7-14-10)13(19)20/h3-4,7H,2,5-6,8H2,1H3,(H,19,20). The summed E-state index contributed by atoms with van der Waals surface area (Å²) < 4.78 is 0. The molecule has 1 N–H and O–H groups in total. The van der Waals surface area contributed by atoms with Gasteiger partial charge < -0.3 is 14.9 Å². The lowest BCUT2D eigenvalue weighted by molar-refractivity contribution is -0.156. The van der Waals surface area contributed by atoms with E-state index in [2.05, 4.69) is 4.98 Å². The molecule has 0 aromatic carbocycles. The third-order valence-electron chi connectivity index (χ3n) is 3.20. The summed E-state index contributed by atoms with van der Waals surface area (Å²) in [6.07, 6.45) is 1.24. The Bertz CT molecular complexity index is 541. The largest absolute Gasteiger partial charge is 0.478 e. The number of aromatic nitrogens is 1. The van der Waals surface area contributed by atoms with Crippen LogP contribution in [-0.4, -0.2) is 57.3 Å². The van der Waals surface area contributed by atoms with Crippen molar-refractivity contribution in [2.45, 2.75) is 13.5 Å². The predicted molar refractivity (Wildman–Crippen MR) is 68.9 cm³/mol. The second-order valence-corrected chi connectivity index (χ2v) is 4.45. The van der Waals surface area contributed by atoms with E-state index in [1.807, 2.05) is 6.92 Å². The van der Waals surface area contributed by atoms with Gasteiger partial charge in [-0.15, -0.1) is 0 Å². The number of hydrogen-bond acceptors (Lipinski definition) is 4. The van der Waals surface area contributed by atoms with Gasteiger partial charge in [0, 0.05) is 25.8 Å². The molecule has 1 aliphatic rings. The molecule has 2 amide bonds. The number of rotatable bonds is 4. The van der Waals surface area contributed by atoms with Crippen molar-refractivity contribution in [2.75, 3.05) is 19.6 Å². The molecule has 0 bridgehead atoms. The van der Waals surface area contributed by atoms with Crippen molar-refractivity contribution in [2.24, 2.45) is 0 Å². The zero-order chi connectivity index (χ0) is 14.7. The quantitative estimate of drug-likeness (QED) is 0.780. The van der Waals surface area contributed by atoms with Crippen molar-refractivity contribution in [1.29, 1.82) is 0 Å². The van der Waals surface area contributed by atoms with Crippen molar-refractivity contribution < 1.29 is 19.5 Å². The third kappa shape index (κ3) is 2.76. The second-order valence-electron chi connectivity index (χ2n) is 4.45. The van der Waals surface area contributed by atoms with Crippen LogP contribution in [-0.2, 0) is 16.1 Å². The molecule has 1 aromatic rings. The minimum atomic E-state index is -1.05. The zero-order valence-corrected chi connectivity index (χ0v) is 11.1. The van der Waals surface area contributed by atoms with Crippen molar-refractivity contribution in [1.82, 2.24) is 14.8 Å². The first-order valence-electron chi connectivity index (χ1n) is 6.29. The minimum absolute atomic E-state index is 0.0898. The molecule has 0 unspecified atom stereocenters. The summed E-state index contributed by atoms with van der Waals surface area (Å²) in [6.45, 7) is 3.52. The van der Waals surface area contributed by atoms with Crippen molar-refractivity contribution in [3.63, 3.8) is 0 Å². The number of aromatic carboxylic acids is 1. The summed E-state index contributed by atoms with van der Waals surface area (Å²) in [5, 5.41) is 8.78. The average Bonchev–Trinajstić information content (AvgIpc) is 2.45. The van der Waals surface area contributed by atoms with Crippen molar-refractivity contribution >= 4 is 17.8 Å². The van der Waals surface area contributed by atoms with Crippen molar-refractivity contribution in [3.8, 4) is 0 Å². The van der Waals surface area contributed by atoms with Gasteiger partial charge in [-0.3, -0.25) is 14.6 Å². The minimum Gasteiger partial charge on any atom is -0.478 e. The molecule has 2 rings (SSSR count). The Hall–Kier alpha value is -2.44.